The van der Waals surface area contributed by atoms with Crippen LogP contribution < -0.4 is 0 Å². The van der Waals surface area contributed by atoms with Gasteiger partial charge in [-0.3, -0.25) is 20.0 Å². The van der Waals surface area contributed by atoms with Gasteiger partial charge < -0.3 is 5.11 Å². The Balaban J connectivity index is 1.50. The molecule has 3 fully saturated rings. The summed E-state index contributed by atoms with van der Waals surface area (Å²) in [5.74, 6) is 1.10. The average Bonchev–Trinajstić information content (AvgIpc) is 2.83. The van der Waals surface area contributed by atoms with E-state index < -0.39 is 11.0 Å². The van der Waals surface area contributed by atoms with Crippen molar-refractivity contribution in [1.82, 2.24) is 9.88 Å². The maximum absolute atomic E-state index is 11.4. The van der Waals surface area contributed by atoms with Gasteiger partial charge in [0.25, 0.3) is 5.69 Å². The maximum atomic E-state index is 11.4. The molecule has 6 rings (SSSR count). The zero-order chi connectivity index (χ0) is 21.5. The molecule has 3 saturated heterocycles. The fraction of sp³-hybridized carbons (Fsp3) is 0.320. The molecule has 1 aromatic heterocycles. The summed E-state index contributed by atoms with van der Waals surface area (Å²) in [5, 5.41) is 23.3. The largest absolute Gasteiger partial charge is 0.387 e. The van der Waals surface area contributed by atoms with Crippen LogP contribution in [0, 0.1) is 22.0 Å². The summed E-state index contributed by atoms with van der Waals surface area (Å²) in [6.45, 7) is 5.98. The van der Waals surface area contributed by atoms with Crippen LogP contribution in [0.25, 0.3) is 22.0 Å². The van der Waals surface area contributed by atoms with Crippen molar-refractivity contribution in [3.05, 3.63) is 83.1 Å². The number of pyridine rings is 1. The molecular weight excluding hydrogens is 390 g/mol. The van der Waals surface area contributed by atoms with Crippen molar-refractivity contribution in [1.29, 1.82) is 0 Å². The highest BCUT2D eigenvalue weighted by atomic mass is 16.6. The van der Waals surface area contributed by atoms with Gasteiger partial charge in [0.1, 0.15) is 0 Å². The van der Waals surface area contributed by atoms with Gasteiger partial charge in [0.2, 0.25) is 0 Å². The number of nitrogens with zero attached hydrogens (tertiary/aromatic N) is 3. The Hall–Kier alpha value is -3.09. The molecule has 3 aliphatic heterocycles. The Labute approximate surface area is 181 Å². The van der Waals surface area contributed by atoms with Crippen molar-refractivity contribution in [3.8, 4) is 11.1 Å². The number of hydrogen-bond acceptors (Lipinski definition) is 5. The molecule has 0 aliphatic carbocycles. The standard InChI is InChI=1S/C25H25N3O3/c1-2-16-15-27-12-10-19(16)14-24(27)25(29)21-9-11-26-23-8-5-18(13-22(21)23)17-3-6-20(7-4-17)28(30)31/h2-9,11,13,16,19,24-25,29H,1,10,12,14-15H2/t16-,19-,24+,25+/m0/s1. The van der Waals surface area contributed by atoms with Crippen molar-refractivity contribution in [2.24, 2.45) is 11.8 Å². The molecule has 0 spiro atoms. The number of non-ortho nitro benzene ring substituents is 1. The highest BCUT2D eigenvalue weighted by Gasteiger charge is 2.42. The van der Waals surface area contributed by atoms with E-state index in [1.165, 1.54) is 18.6 Å². The van der Waals surface area contributed by atoms with Gasteiger partial charge in [-0.25, -0.2) is 0 Å². The number of benzene rings is 2. The van der Waals surface area contributed by atoms with E-state index in [0.29, 0.717) is 11.8 Å². The van der Waals surface area contributed by atoms with Crippen LogP contribution in [0.1, 0.15) is 24.5 Å². The van der Waals surface area contributed by atoms with Crippen LogP contribution in [0.5, 0.6) is 0 Å². The fourth-order valence-electron chi connectivity index (χ4n) is 5.29. The molecule has 0 saturated carbocycles. The zero-order valence-electron chi connectivity index (χ0n) is 17.2. The molecule has 4 heterocycles. The highest BCUT2D eigenvalue weighted by Crippen LogP contribution is 2.42. The van der Waals surface area contributed by atoms with E-state index in [1.54, 1.807) is 18.3 Å². The van der Waals surface area contributed by atoms with E-state index in [9.17, 15) is 15.2 Å². The minimum Gasteiger partial charge on any atom is -0.387 e. The Morgan fingerprint density at radius 3 is 2.65 bits per heavy atom. The Kier molecular flexibility index (Phi) is 5.04. The van der Waals surface area contributed by atoms with E-state index in [2.05, 4.69) is 22.5 Å². The van der Waals surface area contributed by atoms with Crippen molar-refractivity contribution >= 4 is 16.6 Å². The second-order valence-electron chi connectivity index (χ2n) is 8.63. The monoisotopic (exact) mass is 415 g/mol. The molecule has 6 heteroatoms. The van der Waals surface area contributed by atoms with Crippen LogP contribution in [-0.2, 0) is 0 Å². The minimum atomic E-state index is -0.592. The van der Waals surface area contributed by atoms with Gasteiger partial charge in [0.15, 0.2) is 0 Å². The third-order valence-electron chi connectivity index (χ3n) is 7.02. The first-order valence-electron chi connectivity index (χ1n) is 10.7. The topological polar surface area (TPSA) is 79.5 Å². The van der Waals surface area contributed by atoms with Crippen LogP contribution in [0.15, 0.2) is 67.4 Å². The third kappa shape index (κ3) is 3.52. The predicted octanol–water partition coefficient (Wildman–Crippen LogP) is 4.74. The number of nitro benzene ring substituents is 1. The second-order valence-corrected chi connectivity index (χ2v) is 8.63. The normalized spacial score (nSPS) is 26.0. The van der Waals surface area contributed by atoms with Gasteiger partial charge in [-0.05, 0) is 78.2 Å². The van der Waals surface area contributed by atoms with Gasteiger partial charge in [0.05, 0.1) is 16.5 Å². The lowest BCUT2D eigenvalue weighted by Crippen LogP contribution is -2.54. The molecule has 6 nitrogen and oxygen atoms in total. The lowest BCUT2D eigenvalue weighted by Gasteiger charge is -2.50. The quantitative estimate of drug-likeness (QED) is 0.370. The molecule has 0 amide bonds. The van der Waals surface area contributed by atoms with Crippen LogP contribution in [0.4, 0.5) is 5.69 Å². The van der Waals surface area contributed by atoms with E-state index in [0.717, 1.165) is 47.1 Å². The number of rotatable bonds is 5. The summed E-state index contributed by atoms with van der Waals surface area (Å²) in [5.41, 5.74) is 3.64. The second kappa shape index (κ2) is 7.87. The Bertz CT molecular complexity index is 1140. The summed E-state index contributed by atoms with van der Waals surface area (Å²) < 4.78 is 0. The molecule has 31 heavy (non-hydrogen) atoms. The summed E-state index contributed by atoms with van der Waals surface area (Å²) in [7, 11) is 0. The first-order valence-corrected chi connectivity index (χ1v) is 10.7. The van der Waals surface area contributed by atoms with E-state index in [4.69, 9.17) is 0 Å². The minimum absolute atomic E-state index is 0.0709. The average molecular weight is 415 g/mol. The van der Waals surface area contributed by atoms with Gasteiger partial charge in [0, 0.05) is 36.3 Å². The van der Waals surface area contributed by atoms with Gasteiger partial charge in [-0.15, -0.1) is 6.58 Å². The number of aromatic nitrogens is 1. The number of hydrogen-bond donors (Lipinski definition) is 1. The highest BCUT2D eigenvalue weighted by molar-refractivity contribution is 5.87. The molecule has 3 aromatic rings. The molecular formula is C25H25N3O3. The molecule has 1 N–H and O–H groups in total. The molecule has 2 aromatic carbocycles. The number of piperidine rings is 3. The van der Waals surface area contributed by atoms with Crippen LogP contribution in [0.2, 0.25) is 0 Å². The molecule has 5 atom stereocenters. The van der Waals surface area contributed by atoms with E-state index in [-0.39, 0.29) is 11.7 Å². The van der Waals surface area contributed by atoms with Gasteiger partial charge in [-0.1, -0.05) is 12.1 Å². The van der Waals surface area contributed by atoms with Crippen molar-refractivity contribution in [2.45, 2.75) is 25.0 Å². The van der Waals surface area contributed by atoms with E-state index >= 15 is 0 Å². The first kappa shape index (κ1) is 19.8. The SMILES string of the molecule is C=C[C@H]1CN2CC[C@H]1C[C@@H]2[C@H](O)c1ccnc2ccc(-c3ccc([N+](=O)[O-])cc3)cc12. The van der Waals surface area contributed by atoms with Crippen molar-refractivity contribution in [3.63, 3.8) is 0 Å². The predicted molar refractivity (Wildman–Crippen MR) is 121 cm³/mol. The third-order valence-corrected chi connectivity index (χ3v) is 7.02. The zero-order valence-corrected chi connectivity index (χ0v) is 17.2. The maximum Gasteiger partial charge on any atom is 0.269 e. The van der Waals surface area contributed by atoms with E-state index in [1.807, 2.05) is 24.3 Å². The number of fused-ring (bicyclic) bond motifs is 4. The van der Waals surface area contributed by atoms with Crippen molar-refractivity contribution < 1.29 is 10.0 Å². The van der Waals surface area contributed by atoms with Gasteiger partial charge in [-0.2, -0.15) is 0 Å². The summed E-state index contributed by atoms with van der Waals surface area (Å²) in [6.07, 6.45) is 5.38. The van der Waals surface area contributed by atoms with Crippen molar-refractivity contribution in [2.75, 3.05) is 13.1 Å². The molecule has 2 bridgehead atoms. The lowest BCUT2D eigenvalue weighted by atomic mass is 9.73. The Morgan fingerprint density at radius 2 is 1.97 bits per heavy atom. The van der Waals surface area contributed by atoms with Crippen LogP contribution >= 0.6 is 0 Å². The van der Waals surface area contributed by atoms with Gasteiger partial charge >= 0.3 is 0 Å². The lowest BCUT2D eigenvalue weighted by molar-refractivity contribution is -0.384. The van der Waals surface area contributed by atoms with Crippen LogP contribution in [-0.4, -0.2) is 39.0 Å². The number of aliphatic hydroxyl groups excluding tert-OH is 1. The molecule has 0 radical (unpaired) electrons. The summed E-state index contributed by atoms with van der Waals surface area (Å²) in [4.78, 5) is 17.4. The smallest absolute Gasteiger partial charge is 0.269 e. The fourth-order valence-corrected chi connectivity index (χ4v) is 5.29. The number of nitro groups is 1. The number of aliphatic hydroxyl groups is 1. The first-order chi connectivity index (χ1) is 15.0. The summed E-state index contributed by atoms with van der Waals surface area (Å²) >= 11 is 0. The van der Waals surface area contributed by atoms with Crippen LogP contribution in [0.3, 0.4) is 0 Å². The molecule has 158 valence electrons. The Morgan fingerprint density at radius 1 is 1.19 bits per heavy atom. The molecule has 3 aliphatic rings. The molecule has 1 unspecified atom stereocenters. The summed E-state index contributed by atoms with van der Waals surface area (Å²) in [6, 6.07) is 14.5.